The van der Waals surface area contributed by atoms with E-state index in [0.29, 0.717) is 12.2 Å². The molecular formula is C12H19N3O4. The molecule has 0 unspecified atom stereocenters. The molecule has 106 valence electrons. The van der Waals surface area contributed by atoms with Gasteiger partial charge in [-0.3, -0.25) is 4.79 Å². The molecule has 0 bridgehead atoms. The van der Waals surface area contributed by atoms with Gasteiger partial charge in [-0.25, -0.2) is 4.98 Å². The van der Waals surface area contributed by atoms with Crippen LogP contribution in [0.15, 0.2) is 12.5 Å². The zero-order chi connectivity index (χ0) is 14.0. The average Bonchev–Trinajstić information content (AvgIpc) is 2.82. The van der Waals surface area contributed by atoms with E-state index in [9.17, 15) is 15.0 Å². The first-order valence-electron chi connectivity index (χ1n) is 6.27. The van der Waals surface area contributed by atoms with Gasteiger partial charge < -0.3 is 24.4 Å². The molecule has 0 aromatic carbocycles. The second-order valence-corrected chi connectivity index (χ2v) is 4.68. The van der Waals surface area contributed by atoms with Crippen LogP contribution in [0.25, 0.3) is 0 Å². The van der Waals surface area contributed by atoms with Crippen molar-refractivity contribution < 1.29 is 19.7 Å². The summed E-state index contributed by atoms with van der Waals surface area (Å²) >= 11 is 0. The maximum absolute atomic E-state index is 12.3. The fourth-order valence-corrected chi connectivity index (χ4v) is 2.24. The lowest BCUT2D eigenvalue weighted by molar-refractivity contribution is -0.125. The number of aromatic nitrogens is 2. The van der Waals surface area contributed by atoms with E-state index < -0.39 is 18.2 Å². The van der Waals surface area contributed by atoms with Crippen LogP contribution >= 0.6 is 0 Å². The van der Waals surface area contributed by atoms with E-state index in [0.717, 1.165) is 0 Å². The molecule has 2 rings (SSSR count). The predicted molar refractivity (Wildman–Crippen MR) is 66.5 cm³/mol. The van der Waals surface area contributed by atoms with Gasteiger partial charge in [0, 0.05) is 19.8 Å². The highest BCUT2D eigenvalue weighted by Gasteiger charge is 2.37. The van der Waals surface area contributed by atoms with Crippen molar-refractivity contribution in [3.8, 4) is 0 Å². The Morgan fingerprint density at radius 2 is 2.32 bits per heavy atom. The van der Waals surface area contributed by atoms with Gasteiger partial charge in [0.25, 0.3) is 5.91 Å². The maximum atomic E-state index is 12.3. The summed E-state index contributed by atoms with van der Waals surface area (Å²) in [5, 5.41) is 19.6. The van der Waals surface area contributed by atoms with Crippen molar-refractivity contribution in [2.75, 3.05) is 19.8 Å². The van der Waals surface area contributed by atoms with Crippen molar-refractivity contribution in [1.29, 1.82) is 0 Å². The number of likely N-dealkylation sites (N-methyl/N-ethyl adjacent to an activating group) is 1. The number of hydrogen-bond acceptors (Lipinski definition) is 5. The molecule has 1 aromatic heterocycles. The summed E-state index contributed by atoms with van der Waals surface area (Å²) in [7, 11) is 1.78. The van der Waals surface area contributed by atoms with Gasteiger partial charge >= 0.3 is 0 Å². The summed E-state index contributed by atoms with van der Waals surface area (Å²) in [5.74, 6) is -0.273. The van der Waals surface area contributed by atoms with Gasteiger partial charge in [-0.1, -0.05) is 0 Å². The predicted octanol–water partition coefficient (Wildman–Crippen LogP) is -0.997. The third kappa shape index (κ3) is 2.78. The minimum absolute atomic E-state index is 0.0903. The summed E-state index contributed by atoms with van der Waals surface area (Å²) in [6.07, 6.45) is 1.20. The van der Waals surface area contributed by atoms with E-state index >= 15 is 0 Å². The molecule has 0 aliphatic carbocycles. The van der Waals surface area contributed by atoms with Crippen LogP contribution in [-0.2, 0) is 11.8 Å². The van der Waals surface area contributed by atoms with Gasteiger partial charge in [-0.15, -0.1) is 0 Å². The first-order chi connectivity index (χ1) is 9.04. The van der Waals surface area contributed by atoms with Crippen LogP contribution in [0.4, 0.5) is 0 Å². The molecule has 1 fully saturated rings. The molecule has 7 nitrogen and oxygen atoms in total. The SMILES string of the molecule is CCN(C(=O)c1cn(C)cn1)[C@@H]1COC[C@@H](O)[C@H]1O. The molecule has 0 saturated carbocycles. The highest BCUT2D eigenvalue weighted by molar-refractivity contribution is 5.92. The van der Waals surface area contributed by atoms with Crippen molar-refractivity contribution in [1.82, 2.24) is 14.5 Å². The largest absolute Gasteiger partial charge is 0.388 e. The van der Waals surface area contributed by atoms with Crippen LogP contribution in [0.5, 0.6) is 0 Å². The highest BCUT2D eigenvalue weighted by atomic mass is 16.5. The molecule has 1 aromatic rings. The second kappa shape index (κ2) is 5.68. The number of aryl methyl sites for hydroxylation is 1. The summed E-state index contributed by atoms with van der Waals surface area (Å²) < 4.78 is 6.89. The Bertz CT molecular complexity index is 448. The lowest BCUT2D eigenvalue weighted by Crippen LogP contribution is -2.57. The van der Waals surface area contributed by atoms with Gasteiger partial charge in [-0.2, -0.15) is 0 Å². The van der Waals surface area contributed by atoms with E-state index in [1.165, 1.54) is 4.90 Å². The number of rotatable bonds is 3. The van der Waals surface area contributed by atoms with Crippen LogP contribution < -0.4 is 0 Å². The number of hydrogen-bond donors (Lipinski definition) is 2. The number of amides is 1. The smallest absolute Gasteiger partial charge is 0.274 e. The fraction of sp³-hybridized carbons (Fsp3) is 0.667. The molecule has 2 heterocycles. The average molecular weight is 269 g/mol. The van der Waals surface area contributed by atoms with Crippen LogP contribution in [0.1, 0.15) is 17.4 Å². The Labute approximate surface area is 111 Å². The van der Waals surface area contributed by atoms with Crippen LogP contribution in [0.2, 0.25) is 0 Å². The van der Waals surface area contributed by atoms with Crippen molar-refractivity contribution in [3.63, 3.8) is 0 Å². The Hall–Kier alpha value is -1.44. The number of carbonyl (C=O) groups excluding carboxylic acids is 1. The lowest BCUT2D eigenvalue weighted by Gasteiger charge is -2.38. The Morgan fingerprint density at radius 3 is 2.89 bits per heavy atom. The summed E-state index contributed by atoms with van der Waals surface area (Å²) in [6, 6.07) is -0.553. The zero-order valence-corrected chi connectivity index (χ0v) is 11.1. The molecule has 3 atom stereocenters. The lowest BCUT2D eigenvalue weighted by atomic mass is 10.0. The minimum Gasteiger partial charge on any atom is -0.388 e. The topological polar surface area (TPSA) is 87.8 Å². The van der Waals surface area contributed by atoms with Crippen molar-refractivity contribution >= 4 is 5.91 Å². The fourth-order valence-electron chi connectivity index (χ4n) is 2.24. The second-order valence-electron chi connectivity index (χ2n) is 4.68. The normalized spacial score (nSPS) is 27.3. The van der Waals surface area contributed by atoms with E-state index in [-0.39, 0.29) is 19.1 Å². The van der Waals surface area contributed by atoms with Crippen molar-refractivity contribution in [3.05, 3.63) is 18.2 Å². The summed E-state index contributed by atoms with van der Waals surface area (Å²) in [5.41, 5.74) is 0.316. The van der Waals surface area contributed by atoms with Crippen LogP contribution in [-0.4, -0.2) is 68.6 Å². The molecule has 1 aliphatic heterocycles. The van der Waals surface area contributed by atoms with Gasteiger partial charge in [0.15, 0.2) is 0 Å². The van der Waals surface area contributed by atoms with E-state index in [1.54, 1.807) is 24.1 Å². The monoisotopic (exact) mass is 269 g/mol. The molecule has 0 spiro atoms. The van der Waals surface area contributed by atoms with Crippen LogP contribution in [0.3, 0.4) is 0 Å². The van der Waals surface area contributed by atoms with E-state index in [2.05, 4.69) is 4.98 Å². The maximum Gasteiger partial charge on any atom is 0.274 e. The number of ether oxygens (including phenoxy) is 1. The molecule has 1 aliphatic rings. The Balaban J connectivity index is 2.17. The molecule has 2 N–H and O–H groups in total. The first-order valence-corrected chi connectivity index (χ1v) is 6.27. The Kier molecular flexibility index (Phi) is 4.18. The molecular weight excluding hydrogens is 250 g/mol. The number of carbonyl (C=O) groups is 1. The van der Waals surface area contributed by atoms with Gasteiger partial charge in [0.1, 0.15) is 17.9 Å². The first kappa shape index (κ1) is 14.0. The number of nitrogens with zero attached hydrogens (tertiary/aromatic N) is 3. The van der Waals surface area contributed by atoms with E-state index in [4.69, 9.17) is 4.74 Å². The summed E-state index contributed by atoms with van der Waals surface area (Å²) in [6.45, 7) is 2.53. The third-order valence-electron chi connectivity index (χ3n) is 3.29. The van der Waals surface area contributed by atoms with Crippen LogP contribution in [0, 0.1) is 0 Å². The van der Waals surface area contributed by atoms with Gasteiger partial charge in [0.2, 0.25) is 0 Å². The molecule has 1 saturated heterocycles. The van der Waals surface area contributed by atoms with E-state index in [1.807, 2.05) is 6.92 Å². The van der Waals surface area contributed by atoms with Crippen molar-refractivity contribution in [2.24, 2.45) is 7.05 Å². The number of aliphatic hydroxyl groups excluding tert-OH is 2. The molecule has 19 heavy (non-hydrogen) atoms. The van der Waals surface area contributed by atoms with Gasteiger partial charge in [0.05, 0.1) is 25.6 Å². The standard InChI is InChI=1S/C12H19N3O4/c1-3-15(9-5-19-6-10(16)11(9)17)12(18)8-4-14(2)7-13-8/h4,7,9-11,16-17H,3,5-6H2,1-2H3/t9-,10-,11+/m1/s1. The third-order valence-corrected chi connectivity index (χ3v) is 3.29. The molecule has 1 amide bonds. The molecule has 7 heteroatoms. The molecule has 0 radical (unpaired) electrons. The number of aliphatic hydroxyl groups is 2. The van der Waals surface area contributed by atoms with Crippen molar-refractivity contribution in [2.45, 2.75) is 25.2 Å². The Morgan fingerprint density at radius 1 is 1.58 bits per heavy atom. The highest BCUT2D eigenvalue weighted by Crippen LogP contribution is 2.17. The number of imidazole rings is 1. The zero-order valence-electron chi connectivity index (χ0n) is 11.1. The summed E-state index contributed by atoms with van der Waals surface area (Å²) in [4.78, 5) is 17.8. The minimum atomic E-state index is -0.999. The quantitative estimate of drug-likeness (QED) is 0.735. The van der Waals surface area contributed by atoms with Gasteiger partial charge in [-0.05, 0) is 6.92 Å².